The van der Waals surface area contributed by atoms with Gasteiger partial charge >= 0.3 is 0 Å². The van der Waals surface area contributed by atoms with Crippen molar-refractivity contribution in [2.45, 2.75) is 25.2 Å². The van der Waals surface area contributed by atoms with Gasteiger partial charge in [-0.3, -0.25) is 10.1 Å². The molecule has 3 rings (SSSR count). The van der Waals surface area contributed by atoms with Crippen molar-refractivity contribution in [3.05, 3.63) is 53.6 Å². The smallest absolute Gasteiger partial charge is 0.258 e. The molecule has 0 saturated carbocycles. The van der Waals surface area contributed by atoms with Crippen LogP contribution in [0.15, 0.2) is 47.4 Å². The molecule has 130 valence electrons. The van der Waals surface area contributed by atoms with Crippen molar-refractivity contribution in [1.29, 1.82) is 0 Å². The van der Waals surface area contributed by atoms with Crippen LogP contribution in [0.3, 0.4) is 0 Å². The second-order valence-corrected chi connectivity index (χ2v) is 8.82. The lowest BCUT2D eigenvalue weighted by Crippen LogP contribution is -2.17. The Morgan fingerprint density at radius 1 is 1.16 bits per heavy atom. The van der Waals surface area contributed by atoms with Gasteiger partial charge in [-0.1, -0.05) is 42.5 Å². The zero-order chi connectivity index (χ0) is 18.0. The van der Waals surface area contributed by atoms with E-state index in [0.29, 0.717) is 11.6 Å². The minimum absolute atomic E-state index is 0.0115. The Morgan fingerprint density at radius 2 is 1.92 bits per heavy atom. The van der Waals surface area contributed by atoms with Crippen molar-refractivity contribution in [1.82, 2.24) is 4.98 Å². The number of benzene rings is 2. The van der Waals surface area contributed by atoms with E-state index in [1.807, 2.05) is 25.1 Å². The van der Waals surface area contributed by atoms with Gasteiger partial charge in [-0.05, 0) is 37.1 Å². The van der Waals surface area contributed by atoms with Gasteiger partial charge in [0.25, 0.3) is 5.91 Å². The number of hydrogen-bond donors (Lipinski definition) is 1. The van der Waals surface area contributed by atoms with Gasteiger partial charge in [-0.25, -0.2) is 13.4 Å². The lowest BCUT2D eigenvalue weighted by molar-refractivity contribution is 0.102. The van der Waals surface area contributed by atoms with Gasteiger partial charge in [-0.2, -0.15) is 0 Å². The average molecular weight is 374 g/mol. The van der Waals surface area contributed by atoms with E-state index in [-0.39, 0.29) is 16.2 Å². The summed E-state index contributed by atoms with van der Waals surface area (Å²) in [5.41, 5.74) is 2.02. The quantitative estimate of drug-likeness (QED) is 0.731. The van der Waals surface area contributed by atoms with Crippen LogP contribution in [-0.2, 0) is 9.84 Å². The molecule has 25 heavy (non-hydrogen) atoms. The molecule has 3 aromatic rings. The van der Waals surface area contributed by atoms with Crippen LogP contribution in [0, 0.1) is 6.92 Å². The number of carbonyl (C=O) groups excluding carboxylic acids is 1. The molecule has 7 heteroatoms. The van der Waals surface area contributed by atoms with Crippen molar-refractivity contribution in [2.24, 2.45) is 0 Å². The highest BCUT2D eigenvalue weighted by atomic mass is 32.2. The Morgan fingerprint density at radius 3 is 2.64 bits per heavy atom. The number of thiazole rings is 1. The van der Waals surface area contributed by atoms with Crippen molar-refractivity contribution in [3.8, 4) is 0 Å². The van der Waals surface area contributed by atoms with Crippen LogP contribution in [0.1, 0.15) is 29.3 Å². The average Bonchev–Trinajstić information content (AvgIpc) is 2.99. The first-order chi connectivity index (χ1) is 11.9. The molecule has 0 bridgehead atoms. The molecule has 0 fully saturated rings. The van der Waals surface area contributed by atoms with Crippen molar-refractivity contribution in [2.75, 3.05) is 11.1 Å². The van der Waals surface area contributed by atoms with Gasteiger partial charge in [-0.15, -0.1) is 0 Å². The molecule has 2 aromatic carbocycles. The fraction of sp³-hybridized carbons (Fsp3) is 0.222. The highest BCUT2D eigenvalue weighted by molar-refractivity contribution is 7.91. The molecular formula is C18H18N2O3S2. The second-order valence-electron chi connectivity index (χ2n) is 5.71. The molecule has 0 aliphatic carbocycles. The minimum atomic E-state index is -3.49. The van der Waals surface area contributed by atoms with E-state index in [9.17, 15) is 13.2 Å². The monoisotopic (exact) mass is 374 g/mol. The standard InChI is InChI=1S/C18H18N2O3S2/c1-3-11-25(22,23)15-10-5-4-8-13(15)17(21)20-18-19-16-12(2)7-6-9-14(16)24-18/h4-10H,3,11H2,1-2H3,(H,19,20,21). The van der Waals surface area contributed by atoms with Crippen LogP contribution >= 0.6 is 11.3 Å². The molecule has 1 N–H and O–H groups in total. The van der Waals surface area contributed by atoms with E-state index < -0.39 is 15.7 Å². The first-order valence-electron chi connectivity index (χ1n) is 7.91. The number of nitrogens with zero attached hydrogens (tertiary/aromatic N) is 1. The van der Waals surface area contributed by atoms with Crippen molar-refractivity contribution in [3.63, 3.8) is 0 Å². The summed E-state index contributed by atoms with van der Waals surface area (Å²) in [6.45, 7) is 3.75. The third-order valence-electron chi connectivity index (χ3n) is 3.78. The van der Waals surface area contributed by atoms with Crippen LogP contribution in [0.25, 0.3) is 10.2 Å². The summed E-state index contributed by atoms with van der Waals surface area (Å²) >= 11 is 1.37. The van der Waals surface area contributed by atoms with Crippen LogP contribution in [0.5, 0.6) is 0 Å². The summed E-state index contributed by atoms with van der Waals surface area (Å²) in [5.74, 6) is -0.454. The first-order valence-corrected chi connectivity index (χ1v) is 10.4. The highest BCUT2D eigenvalue weighted by Crippen LogP contribution is 2.28. The topological polar surface area (TPSA) is 76.1 Å². The predicted octanol–water partition coefficient (Wildman–Crippen LogP) is 4.04. The number of hydrogen-bond acceptors (Lipinski definition) is 5. The van der Waals surface area contributed by atoms with E-state index in [1.165, 1.54) is 23.5 Å². The number of rotatable bonds is 5. The molecule has 1 amide bonds. The zero-order valence-corrected chi connectivity index (χ0v) is 15.6. The number of aromatic nitrogens is 1. The molecular weight excluding hydrogens is 356 g/mol. The fourth-order valence-corrected chi connectivity index (χ4v) is 5.09. The first kappa shape index (κ1) is 17.6. The second kappa shape index (κ2) is 6.93. The summed E-state index contributed by atoms with van der Waals surface area (Å²) in [5, 5.41) is 3.19. The Hall–Kier alpha value is -2.25. The number of nitrogens with one attached hydrogen (secondary N) is 1. The molecule has 1 heterocycles. The van der Waals surface area contributed by atoms with Gasteiger partial charge in [0.1, 0.15) is 0 Å². The van der Waals surface area contributed by atoms with Crippen LogP contribution in [-0.4, -0.2) is 25.1 Å². The Labute approximate surface area is 150 Å². The Balaban J connectivity index is 1.95. The highest BCUT2D eigenvalue weighted by Gasteiger charge is 2.22. The number of fused-ring (bicyclic) bond motifs is 1. The summed E-state index contributed by atoms with van der Waals surface area (Å²) in [6, 6.07) is 12.1. The number of carbonyl (C=O) groups is 1. The molecule has 0 atom stereocenters. The van der Waals surface area contributed by atoms with Crippen LogP contribution < -0.4 is 5.32 Å². The summed E-state index contributed by atoms with van der Waals surface area (Å²) in [7, 11) is -3.49. The van der Waals surface area contributed by atoms with Crippen LogP contribution in [0.4, 0.5) is 5.13 Å². The van der Waals surface area contributed by atoms with Gasteiger partial charge < -0.3 is 0 Å². The van der Waals surface area contributed by atoms with Crippen molar-refractivity contribution < 1.29 is 13.2 Å². The summed E-state index contributed by atoms with van der Waals surface area (Å²) in [6.07, 6.45) is 0.495. The molecule has 0 saturated heterocycles. The number of aryl methyl sites for hydroxylation is 1. The molecule has 0 aliphatic rings. The summed E-state index contributed by atoms with van der Waals surface area (Å²) in [4.78, 5) is 17.1. The van der Waals surface area contributed by atoms with E-state index in [0.717, 1.165) is 15.8 Å². The predicted molar refractivity (Wildman–Crippen MR) is 101 cm³/mol. The normalized spacial score (nSPS) is 11.6. The molecule has 1 aromatic heterocycles. The lowest BCUT2D eigenvalue weighted by atomic mass is 10.2. The van der Waals surface area contributed by atoms with E-state index >= 15 is 0 Å². The molecule has 0 aliphatic heterocycles. The van der Waals surface area contributed by atoms with Crippen LogP contribution in [0.2, 0.25) is 0 Å². The Bertz CT molecular complexity index is 1040. The third kappa shape index (κ3) is 3.57. The van der Waals surface area contributed by atoms with E-state index in [1.54, 1.807) is 19.1 Å². The zero-order valence-electron chi connectivity index (χ0n) is 13.9. The number of para-hydroxylation sites is 1. The maximum absolute atomic E-state index is 12.6. The molecule has 0 spiro atoms. The maximum atomic E-state index is 12.6. The largest absolute Gasteiger partial charge is 0.298 e. The Kier molecular flexibility index (Phi) is 4.87. The van der Waals surface area contributed by atoms with E-state index in [2.05, 4.69) is 10.3 Å². The van der Waals surface area contributed by atoms with Crippen molar-refractivity contribution >= 4 is 42.4 Å². The van der Waals surface area contributed by atoms with E-state index in [4.69, 9.17) is 0 Å². The molecule has 5 nitrogen and oxygen atoms in total. The van der Waals surface area contributed by atoms with Gasteiger partial charge in [0.2, 0.25) is 0 Å². The van der Waals surface area contributed by atoms with Gasteiger partial charge in [0.05, 0.1) is 26.4 Å². The SMILES string of the molecule is CCCS(=O)(=O)c1ccccc1C(=O)Nc1nc2c(C)cccc2s1. The minimum Gasteiger partial charge on any atom is -0.298 e. The summed E-state index contributed by atoms with van der Waals surface area (Å²) < 4.78 is 25.8. The number of anilines is 1. The fourth-order valence-electron chi connectivity index (χ4n) is 2.61. The maximum Gasteiger partial charge on any atom is 0.258 e. The number of amides is 1. The van der Waals surface area contributed by atoms with Gasteiger partial charge in [0, 0.05) is 0 Å². The number of sulfone groups is 1. The van der Waals surface area contributed by atoms with Gasteiger partial charge in [0.15, 0.2) is 15.0 Å². The third-order valence-corrected chi connectivity index (χ3v) is 6.69. The molecule has 0 radical (unpaired) electrons. The molecule has 0 unspecified atom stereocenters. The lowest BCUT2D eigenvalue weighted by Gasteiger charge is -2.09.